The molecular weight excluding hydrogens is 328 g/mol. The number of ether oxygens (including phenoxy) is 1. The van der Waals surface area contributed by atoms with Crippen LogP contribution in [0, 0.1) is 12.8 Å². The molecule has 2 aromatic rings. The van der Waals surface area contributed by atoms with Crippen LogP contribution in [0.15, 0.2) is 21.3 Å². The fourth-order valence-corrected chi connectivity index (χ4v) is 4.82. The quantitative estimate of drug-likeness (QED) is 0.715. The van der Waals surface area contributed by atoms with Gasteiger partial charge in [0.1, 0.15) is 16.9 Å². The fraction of sp³-hybridized carbons (Fsp3) is 0.545. The molecule has 0 radical (unpaired) electrons. The van der Waals surface area contributed by atoms with Crippen molar-refractivity contribution in [3.8, 4) is 5.75 Å². The molecule has 0 bridgehead atoms. The molecular formula is C22H26O4. The summed E-state index contributed by atoms with van der Waals surface area (Å²) in [5.41, 5.74) is 2.20. The molecule has 1 aliphatic heterocycles. The summed E-state index contributed by atoms with van der Waals surface area (Å²) in [6.07, 6.45) is 6.28. The first-order valence-corrected chi connectivity index (χ1v) is 9.75. The Morgan fingerprint density at radius 2 is 2.08 bits per heavy atom. The predicted molar refractivity (Wildman–Crippen MR) is 101 cm³/mol. The van der Waals surface area contributed by atoms with Gasteiger partial charge >= 0.3 is 5.63 Å². The van der Waals surface area contributed by atoms with Crippen molar-refractivity contribution in [2.75, 3.05) is 0 Å². The molecule has 1 aromatic carbocycles. The van der Waals surface area contributed by atoms with Crippen LogP contribution in [0.1, 0.15) is 73.9 Å². The number of hydrogen-bond donors (Lipinski definition) is 0. The summed E-state index contributed by atoms with van der Waals surface area (Å²) in [5.74, 6) is 1.34. The van der Waals surface area contributed by atoms with Gasteiger partial charge < -0.3 is 9.15 Å². The Hall–Kier alpha value is -2.10. The molecule has 0 amide bonds. The average Bonchev–Trinajstić information content (AvgIpc) is 2.57. The molecule has 1 saturated carbocycles. The second-order valence-corrected chi connectivity index (χ2v) is 8.18. The average molecular weight is 354 g/mol. The Balaban J connectivity index is 1.90. The minimum atomic E-state index is -0.387. The van der Waals surface area contributed by atoms with E-state index in [1.165, 1.54) is 6.42 Å². The van der Waals surface area contributed by atoms with E-state index in [0.717, 1.165) is 48.6 Å². The maximum Gasteiger partial charge on any atom is 0.336 e. The number of Topliss-reactive ketones (excluding diaryl/α,β-unsaturated/α-hetero) is 1. The van der Waals surface area contributed by atoms with E-state index in [4.69, 9.17) is 9.15 Å². The van der Waals surface area contributed by atoms with E-state index in [1.54, 1.807) is 6.07 Å². The Labute approximate surface area is 153 Å². The van der Waals surface area contributed by atoms with Gasteiger partial charge in [-0.1, -0.05) is 26.7 Å². The zero-order valence-corrected chi connectivity index (χ0v) is 15.8. The molecule has 26 heavy (non-hydrogen) atoms. The minimum absolute atomic E-state index is 0.152. The Kier molecular flexibility index (Phi) is 4.17. The van der Waals surface area contributed by atoms with E-state index in [0.29, 0.717) is 29.2 Å². The van der Waals surface area contributed by atoms with Gasteiger partial charge in [0.15, 0.2) is 5.78 Å². The van der Waals surface area contributed by atoms with Gasteiger partial charge in [-0.05, 0) is 50.2 Å². The van der Waals surface area contributed by atoms with Crippen LogP contribution in [0.3, 0.4) is 0 Å². The fourth-order valence-electron chi connectivity index (χ4n) is 4.82. The summed E-state index contributed by atoms with van der Waals surface area (Å²) >= 11 is 0. The van der Waals surface area contributed by atoms with Crippen LogP contribution >= 0.6 is 0 Å². The number of rotatable bonds is 2. The highest BCUT2D eigenvalue weighted by Gasteiger charge is 2.44. The van der Waals surface area contributed by atoms with Crippen LogP contribution in [0.4, 0.5) is 0 Å². The van der Waals surface area contributed by atoms with Crippen LogP contribution in [0.25, 0.3) is 11.0 Å². The number of carbonyl (C=O) groups excluding carboxylic acids is 1. The second-order valence-electron chi connectivity index (χ2n) is 8.18. The molecule has 4 rings (SSSR count). The molecule has 138 valence electrons. The van der Waals surface area contributed by atoms with Crippen molar-refractivity contribution in [1.29, 1.82) is 0 Å². The third-order valence-corrected chi connectivity index (χ3v) is 5.97. The van der Waals surface area contributed by atoms with Crippen molar-refractivity contribution in [2.45, 2.75) is 71.3 Å². The number of hydrogen-bond acceptors (Lipinski definition) is 4. The SMILES string of the molecule is CCCc1cc(=O)oc2c(C)c3c(cc12)C(=O)CC1(CCCC(C)C1)O3. The molecule has 1 spiro atoms. The lowest BCUT2D eigenvalue weighted by molar-refractivity contribution is -0.00127. The lowest BCUT2D eigenvalue weighted by atomic mass is 9.74. The topological polar surface area (TPSA) is 56.5 Å². The molecule has 1 aliphatic carbocycles. The smallest absolute Gasteiger partial charge is 0.336 e. The van der Waals surface area contributed by atoms with Crippen molar-refractivity contribution < 1.29 is 13.9 Å². The largest absolute Gasteiger partial charge is 0.486 e. The maximum absolute atomic E-state index is 13.0. The Bertz CT molecular complexity index is 939. The minimum Gasteiger partial charge on any atom is -0.486 e. The van der Waals surface area contributed by atoms with Gasteiger partial charge in [-0.2, -0.15) is 0 Å². The van der Waals surface area contributed by atoms with Crippen molar-refractivity contribution in [3.63, 3.8) is 0 Å². The van der Waals surface area contributed by atoms with Crippen LogP contribution in [0.2, 0.25) is 0 Å². The van der Waals surface area contributed by atoms with Gasteiger partial charge in [-0.3, -0.25) is 4.79 Å². The molecule has 0 saturated heterocycles. The third kappa shape index (κ3) is 2.76. The van der Waals surface area contributed by atoms with Gasteiger partial charge in [0.05, 0.1) is 12.0 Å². The van der Waals surface area contributed by atoms with Crippen LogP contribution in [-0.2, 0) is 6.42 Å². The molecule has 0 N–H and O–H groups in total. The summed E-state index contributed by atoms with van der Waals surface area (Å²) in [7, 11) is 0. The van der Waals surface area contributed by atoms with E-state index >= 15 is 0 Å². The number of ketones is 1. The van der Waals surface area contributed by atoms with Gasteiger partial charge in [0.25, 0.3) is 0 Å². The normalized spacial score (nSPS) is 25.3. The van der Waals surface area contributed by atoms with Crippen molar-refractivity contribution in [1.82, 2.24) is 0 Å². The second kappa shape index (κ2) is 6.26. The highest BCUT2D eigenvalue weighted by Crippen LogP contribution is 2.46. The van der Waals surface area contributed by atoms with E-state index in [9.17, 15) is 9.59 Å². The first kappa shape index (κ1) is 17.3. The van der Waals surface area contributed by atoms with Crippen LogP contribution in [-0.4, -0.2) is 11.4 Å². The van der Waals surface area contributed by atoms with Crippen molar-refractivity contribution in [3.05, 3.63) is 39.2 Å². The molecule has 4 nitrogen and oxygen atoms in total. The van der Waals surface area contributed by atoms with E-state index in [-0.39, 0.29) is 17.0 Å². The zero-order valence-electron chi connectivity index (χ0n) is 15.8. The van der Waals surface area contributed by atoms with Gasteiger partial charge in [-0.15, -0.1) is 0 Å². The lowest BCUT2D eigenvalue weighted by Gasteiger charge is -2.43. The van der Waals surface area contributed by atoms with E-state index in [2.05, 4.69) is 13.8 Å². The summed E-state index contributed by atoms with van der Waals surface area (Å²) < 4.78 is 12.0. The van der Waals surface area contributed by atoms with Crippen LogP contribution < -0.4 is 10.4 Å². The first-order chi connectivity index (χ1) is 12.4. The summed E-state index contributed by atoms with van der Waals surface area (Å²) in [5, 5.41) is 0.868. The first-order valence-electron chi connectivity index (χ1n) is 9.75. The van der Waals surface area contributed by atoms with Crippen molar-refractivity contribution in [2.24, 2.45) is 5.92 Å². The molecule has 1 fully saturated rings. The standard InChI is InChI=1S/C22H26O4/c1-4-6-15-9-19(24)25-20-14(3)21-17(10-16(15)20)18(23)12-22(26-21)8-5-7-13(2)11-22/h9-10,13H,4-8,11-12H2,1-3H3. The zero-order chi connectivity index (χ0) is 18.5. The molecule has 4 heteroatoms. The number of carbonyl (C=O) groups is 1. The number of benzene rings is 1. The Morgan fingerprint density at radius 1 is 1.27 bits per heavy atom. The summed E-state index contributed by atoms with van der Waals surface area (Å²) in [6, 6.07) is 3.43. The number of aryl methyl sites for hydroxylation is 2. The third-order valence-electron chi connectivity index (χ3n) is 5.97. The van der Waals surface area contributed by atoms with Crippen LogP contribution in [0.5, 0.6) is 5.75 Å². The molecule has 2 unspecified atom stereocenters. The maximum atomic E-state index is 13.0. The predicted octanol–water partition coefficient (Wildman–Crippen LogP) is 4.97. The summed E-state index contributed by atoms with van der Waals surface area (Å²) in [6.45, 7) is 6.21. The van der Waals surface area contributed by atoms with E-state index < -0.39 is 0 Å². The lowest BCUT2D eigenvalue weighted by Crippen LogP contribution is -2.45. The van der Waals surface area contributed by atoms with Gasteiger partial charge in [-0.25, -0.2) is 4.79 Å². The molecule has 2 aliphatic rings. The highest BCUT2D eigenvalue weighted by molar-refractivity contribution is 6.05. The highest BCUT2D eigenvalue weighted by atomic mass is 16.5. The molecule has 2 atom stereocenters. The molecule has 1 aromatic heterocycles. The Morgan fingerprint density at radius 3 is 2.81 bits per heavy atom. The van der Waals surface area contributed by atoms with Gasteiger partial charge in [0, 0.05) is 17.0 Å². The monoisotopic (exact) mass is 354 g/mol. The van der Waals surface area contributed by atoms with Crippen molar-refractivity contribution >= 4 is 16.8 Å². The number of fused-ring (bicyclic) bond motifs is 2. The summed E-state index contributed by atoms with van der Waals surface area (Å²) in [4.78, 5) is 25.1. The van der Waals surface area contributed by atoms with Gasteiger partial charge in [0.2, 0.25) is 0 Å². The molecule has 2 heterocycles. The van der Waals surface area contributed by atoms with E-state index in [1.807, 2.05) is 13.0 Å².